The molecule has 0 spiro atoms. The van der Waals surface area contributed by atoms with E-state index < -0.39 is 0 Å². The van der Waals surface area contributed by atoms with Crippen LogP contribution in [0.4, 0.5) is 0 Å². The van der Waals surface area contributed by atoms with Crippen LogP contribution in [-0.2, 0) is 0 Å². The number of aromatic nitrogens is 8. The Morgan fingerprint density at radius 1 is 1.12 bits per heavy atom. The van der Waals surface area contributed by atoms with Gasteiger partial charge in [-0.3, -0.25) is 14.6 Å². The lowest BCUT2D eigenvalue weighted by Crippen LogP contribution is -2.34. The second kappa shape index (κ2) is 8.14. The molecule has 6 heterocycles. The highest BCUT2D eigenvalue weighted by atomic mass is 16.5. The highest BCUT2D eigenvalue weighted by Gasteiger charge is 2.17. The fraction of sp³-hybridized carbons (Fsp3) is 0.261. The fourth-order valence-corrected chi connectivity index (χ4v) is 4.10. The van der Waals surface area contributed by atoms with Crippen LogP contribution < -0.4 is 10.1 Å². The smallest absolute Gasteiger partial charge is 0.166 e. The van der Waals surface area contributed by atoms with Crippen LogP contribution in [0.3, 0.4) is 0 Å². The Morgan fingerprint density at radius 2 is 2.03 bits per heavy atom. The standard InChI is InChI=1S/C23H23N9O/c1-14-12-32(13-27-14)23-21-18(4-7-26-23)28-22(29-21)20-9-19(30-31-20)15-8-17(11-25-10-15)33-16-2-5-24-6-3-16/h4,7-13,16,24H,2-3,5-6H2,1H3,(H,28,29)(H,30,31). The summed E-state index contributed by atoms with van der Waals surface area (Å²) in [5, 5.41) is 10.9. The number of aryl methyl sites for hydroxylation is 1. The Balaban J connectivity index is 1.29. The number of pyridine rings is 2. The molecule has 0 aliphatic carbocycles. The number of ether oxygens (including phenoxy) is 1. The number of nitrogens with one attached hydrogen (secondary N) is 3. The average molecular weight is 441 g/mol. The molecule has 33 heavy (non-hydrogen) atoms. The molecule has 1 aliphatic heterocycles. The van der Waals surface area contributed by atoms with Gasteiger partial charge in [0.05, 0.1) is 23.1 Å². The Morgan fingerprint density at radius 3 is 2.88 bits per heavy atom. The highest BCUT2D eigenvalue weighted by Crippen LogP contribution is 2.27. The monoisotopic (exact) mass is 441 g/mol. The lowest BCUT2D eigenvalue weighted by Gasteiger charge is -2.23. The van der Waals surface area contributed by atoms with Crippen molar-refractivity contribution >= 4 is 11.0 Å². The summed E-state index contributed by atoms with van der Waals surface area (Å²) >= 11 is 0. The third-order valence-electron chi connectivity index (χ3n) is 5.77. The van der Waals surface area contributed by atoms with Crippen LogP contribution in [0.2, 0.25) is 0 Å². The van der Waals surface area contributed by atoms with Crippen molar-refractivity contribution in [3.8, 4) is 34.3 Å². The summed E-state index contributed by atoms with van der Waals surface area (Å²) in [6.45, 7) is 3.91. The predicted molar refractivity (Wildman–Crippen MR) is 123 cm³/mol. The molecule has 0 saturated carbocycles. The summed E-state index contributed by atoms with van der Waals surface area (Å²) < 4.78 is 8.01. The van der Waals surface area contributed by atoms with Gasteiger partial charge in [0.1, 0.15) is 29.4 Å². The van der Waals surface area contributed by atoms with E-state index in [1.165, 1.54) is 0 Å². The van der Waals surface area contributed by atoms with Gasteiger partial charge in [0.2, 0.25) is 0 Å². The first-order valence-corrected chi connectivity index (χ1v) is 11.0. The summed E-state index contributed by atoms with van der Waals surface area (Å²) in [7, 11) is 0. The SMILES string of the molecule is Cc1cn(-c2nccc3[nH]c(-c4cc(-c5cncc(OC6CCNCC6)c5)[nH]n4)nc23)cn1. The molecule has 0 amide bonds. The molecule has 0 aromatic carbocycles. The minimum atomic E-state index is 0.221. The first-order chi connectivity index (χ1) is 16.2. The van der Waals surface area contributed by atoms with Crippen LogP contribution in [0.5, 0.6) is 5.75 Å². The normalized spacial score (nSPS) is 14.7. The summed E-state index contributed by atoms with van der Waals surface area (Å²) in [4.78, 5) is 21.3. The summed E-state index contributed by atoms with van der Waals surface area (Å²) in [5.41, 5.74) is 5.02. The minimum Gasteiger partial charge on any atom is -0.489 e. The zero-order valence-electron chi connectivity index (χ0n) is 18.1. The van der Waals surface area contributed by atoms with E-state index in [0.29, 0.717) is 11.5 Å². The number of rotatable bonds is 5. The first kappa shape index (κ1) is 19.6. The molecule has 1 fully saturated rings. The highest BCUT2D eigenvalue weighted by molar-refractivity contribution is 5.84. The first-order valence-electron chi connectivity index (χ1n) is 11.0. The quantitative estimate of drug-likeness (QED) is 0.383. The fourth-order valence-electron chi connectivity index (χ4n) is 4.10. The van der Waals surface area contributed by atoms with Crippen molar-refractivity contribution in [2.75, 3.05) is 13.1 Å². The molecule has 5 aromatic heterocycles. The predicted octanol–water partition coefficient (Wildman–Crippen LogP) is 3.03. The number of piperidine rings is 1. The number of nitrogens with zero attached hydrogens (tertiary/aromatic N) is 6. The van der Waals surface area contributed by atoms with Gasteiger partial charge in [-0.05, 0) is 51.1 Å². The molecule has 1 saturated heterocycles. The van der Waals surface area contributed by atoms with Crippen LogP contribution in [0.25, 0.3) is 39.6 Å². The Kier molecular flexibility index (Phi) is 4.84. The van der Waals surface area contributed by atoms with Gasteiger partial charge in [-0.25, -0.2) is 15.0 Å². The van der Waals surface area contributed by atoms with Crippen LogP contribution in [0.15, 0.2) is 49.3 Å². The molecule has 5 aromatic rings. The van der Waals surface area contributed by atoms with Gasteiger partial charge in [0, 0.05) is 24.2 Å². The molecule has 166 valence electrons. The van der Waals surface area contributed by atoms with Gasteiger partial charge in [-0.15, -0.1) is 0 Å². The van der Waals surface area contributed by atoms with Crippen molar-refractivity contribution in [1.29, 1.82) is 0 Å². The molecule has 0 unspecified atom stereocenters. The Bertz CT molecular complexity index is 1410. The molecule has 6 rings (SSSR count). The van der Waals surface area contributed by atoms with E-state index in [1.54, 1.807) is 24.9 Å². The molecule has 10 nitrogen and oxygen atoms in total. The number of H-pyrrole nitrogens is 2. The molecule has 0 radical (unpaired) electrons. The van der Waals surface area contributed by atoms with Gasteiger partial charge in [-0.1, -0.05) is 0 Å². The van der Waals surface area contributed by atoms with Crippen molar-refractivity contribution in [2.24, 2.45) is 0 Å². The maximum absolute atomic E-state index is 6.14. The number of hydrogen-bond acceptors (Lipinski definition) is 7. The maximum atomic E-state index is 6.14. The molecule has 0 atom stereocenters. The summed E-state index contributed by atoms with van der Waals surface area (Å²) in [5.74, 6) is 2.15. The number of imidazole rings is 2. The Hall–Kier alpha value is -4.05. The molecule has 1 aliphatic rings. The molecule has 3 N–H and O–H groups in total. The van der Waals surface area contributed by atoms with Crippen molar-refractivity contribution in [3.05, 3.63) is 55.0 Å². The van der Waals surface area contributed by atoms with Crippen molar-refractivity contribution in [2.45, 2.75) is 25.9 Å². The second-order valence-corrected chi connectivity index (χ2v) is 8.18. The average Bonchev–Trinajstić information content (AvgIpc) is 3.59. The summed E-state index contributed by atoms with van der Waals surface area (Å²) in [6.07, 6.45) is 11.2. The van der Waals surface area contributed by atoms with E-state index in [-0.39, 0.29) is 6.10 Å². The zero-order valence-corrected chi connectivity index (χ0v) is 18.1. The summed E-state index contributed by atoms with van der Waals surface area (Å²) in [6, 6.07) is 5.85. The van der Waals surface area contributed by atoms with E-state index in [1.807, 2.05) is 35.9 Å². The lowest BCUT2D eigenvalue weighted by molar-refractivity contribution is 0.162. The lowest BCUT2D eigenvalue weighted by atomic mass is 10.1. The maximum Gasteiger partial charge on any atom is 0.166 e. The van der Waals surface area contributed by atoms with Gasteiger partial charge in [0.15, 0.2) is 11.6 Å². The van der Waals surface area contributed by atoms with Gasteiger partial charge >= 0.3 is 0 Å². The molecule has 10 heteroatoms. The Labute approximate surface area is 189 Å². The van der Waals surface area contributed by atoms with Gasteiger partial charge in [-0.2, -0.15) is 5.10 Å². The van der Waals surface area contributed by atoms with Crippen LogP contribution in [-0.4, -0.2) is 58.9 Å². The van der Waals surface area contributed by atoms with Crippen LogP contribution in [0, 0.1) is 6.92 Å². The van der Waals surface area contributed by atoms with E-state index in [2.05, 4.69) is 35.5 Å². The van der Waals surface area contributed by atoms with E-state index >= 15 is 0 Å². The number of fused-ring (bicyclic) bond motifs is 1. The molecular formula is C23H23N9O. The van der Waals surface area contributed by atoms with Crippen molar-refractivity contribution in [3.63, 3.8) is 0 Å². The van der Waals surface area contributed by atoms with Crippen LogP contribution in [0.1, 0.15) is 18.5 Å². The zero-order chi connectivity index (χ0) is 22.2. The number of hydrogen-bond donors (Lipinski definition) is 3. The van der Waals surface area contributed by atoms with Crippen LogP contribution >= 0.6 is 0 Å². The third-order valence-corrected chi connectivity index (χ3v) is 5.77. The van der Waals surface area contributed by atoms with E-state index in [9.17, 15) is 0 Å². The topological polar surface area (TPSA) is 122 Å². The van der Waals surface area contributed by atoms with Gasteiger partial charge in [0.25, 0.3) is 0 Å². The largest absolute Gasteiger partial charge is 0.489 e. The number of aromatic amines is 2. The third kappa shape index (κ3) is 3.85. The van der Waals surface area contributed by atoms with E-state index in [0.717, 1.165) is 65.5 Å². The van der Waals surface area contributed by atoms with Crippen molar-refractivity contribution < 1.29 is 4.74 Å². The van der Waals surface area contributed by atoms with E-state index in [4.69, 9.17) is 9.72 Å². The minimum absolute atomic E-state index is 0.221. The molecular weight excluding hydrogens is 418 g/mol. The second-order valence-electron chi connectivity index (χ2n) is 8.18. The van der Waals surface area contributed by atoms with Gasteiger partial charge < -0.3 is 15.0 Å². The molecule has 0 bridgehead atoms. The van der Waals surface area contributed by atoms with Crippen molar-refractivity contribution in [1.82, 2.24) is 45.0 Å².